The highest BCUT2D eigenvalue weighted by Crippen LogP contribution is 2.21. The molecule has 0 saturated carbocycles. The van der Waals surface area contributed by atoms with Gasteiger partial charge in [-0.15, -0.1) is 0 Å². The Morgan fingerprint density at radius 1 is 1.36 bits per heavy atom. The van der Waals surface area contributed by atoms with E-state index in [0.29, 0.717) is 43.1 Å². The van der Waals surface area contributed by atoms with E-state index in [1.807, 2.05) is 13.8 Å². The lowest BCUT2D eigenvalue weighted by Gasteiger charge is -2.31. The molecule has 0 unspecified atom stereocenters. The molecule has 0 radical (unpaired) electrons. The number of carbonyl (C=O) groups excluding carboxylic acids is 1. The van der Waals surface area contributed by atoms with Crippen LogP contribution in [0.4, 0.5) is 0 Å². The molecule has 1 aromatic carbocycles. The van der Waals surface area contributed by atoms with E-state index in [1.54, 1.807) is 18.2 Å². The van der Waals surface area contributed by atoms with Gasteiger partial charge in [0.25, 0.3) is 5.91 Å². The Hall–Kier alpha value is -1.31. The molecular formula is C17H25ClN2O4S. The minimum Gasteiger partial charge on any atom is -0.484 e. The zero-order valence-corrected chi connectivity index (χ0v) is 16.2. The van der Waals surface area contributed by atoms with E-state index in [9.17, 15) is 13.2 Å². The molecule has 1 N–H and O–H groups in total. The minimum atomic E-state index is -3.15. The van der Waals surface area contributed by atoms with Crippen LogP contribution in [0.5, 0.6) is 5.75 Å². The molecule has 0 aliphatic carbocycles. The molecule has 1 aromatic rings. The van der Waals surface area contributed by atoms with Gasteiger partial charge in [0.15, 0.2) is 6.61 Å². The van der Waals surface area contributed by atoms with Gasteiger partial charge in [-0.1, -0.05) is 18.5 Å². The fraction of sp³-hybridized carbons (Fsp3) is 0.588. The topological polar surface area (TPSA) is 75.7 Å². The highest BCUT2D eigenvalue weighted by molar-refractivity contribution is 7.89. The van der Waals surface area contributed by atoms with Gasteiger partial charge in [-0.3, -0.25) is 4.79 Å². The maximum Gasteiger partial charge on any atom is 0.258 e. The van der Waals surface area contributed by atoms with Gasteiger partial charge in [0.2, 0.25) is 10.0 Å². The summed E-state index contributed by atoms with van der Waals surface area (Å²) in [5.41, 5.74) is 0.870. The van der Waals surface area contributed by atoms with E-state index in [4.69, 9.17) is 16.3 Å². The highest BCUT2D eigenvalue weighted by atomic mass is 35.5. The second kappa shape index (κ2) is 8.87. The molecule has 140 valence electrons. The number of nitrogens with zero attached hydrogens (tertiary/aromatic N) is 1. The molecular weight excluding hydrogens is 364 g/mol. The van der Waals surface area contributed by atoms with Crippen LogP contribution in [0.2, 0.25) is 5.02 Å². The van der Waals surface area contributed by atoms with Crippen molar-refractivity contribution in [3.05, 3.63) is 28.8 Å². The van der Waals surface area contributed by atoms with Gasteiger partial charge >= 0.3 is 0 Å². The third-order valence-electron chi connectivity index (χ3n) is 4.17. The quantitative estimate of drug-likeness (QED) is 0.777. The summed E-state index contributed by atoms with van der Waals surface area (Å²) >= 11 is 5.89. The SMILES string of the molecule is CCCS(=O)(=O)N1CCC(NC(=O)COc2ccc(Cl)cc2C)CC1. The van der Waals surface area contributed by atoms with E-state index in [-0.39, 0.29) is 24.3 Å². The van der Waals surface area contributed by atoms with Gasteiger partial charge in [-0.2, -0.15) is 0 Å². The summed E-state index contributed by atoms with van der Waals surface area (Å²) < 4.78 is 31.1. The Labute approximate surface area is 154 Å². The van der Waals surface area contributed by atoms with Crippen LogP contribution in [0, 0.1) is 6.92 Å². The summed E-state index contributed by atoms with van der Waals surface area (Å²) in [6.45, 7) is 4.55. The maximum atomic E-state index is 12.0. The van der Waals surface area contributed by atoms with E-state index in [2.05, 4.69) is 5.32 Å². The molecule has 1 fully saturated rings. The first-order valence-corrected chi connectivity index (χ1v) is 10.5. The fourth-order valence-electron chi connectivity index (χ4n) is 2.85. The molecule has 1 saturated heterocycles. The van der Waals surface area contributed by atoms with Crippen LogP contribution in [0.25, 0.3) is 0 Å². The number of benzene rings is 1. The lowest BCUT2D eigenvalue weighted by molar-refractivity contribution is -0.124. The Kier molecular flexibility index (Phi) is 7.10. The van der Waals surface area contributed by atoms with Crippen molar-refractivity contribution < 1.29 is 17.9 Å². The molecule has 1 aliphatic heterocycles. The number of amides is 1. The van der Waals surface area contributed by atoms with Crippen molar-refractivity contribution in [2.75, 3.05) is 25.4 Å². The van der Waals surface area contributed by atoms with Crippen LogP contribution in [0.1, 0.15) is 31.7 Å². The molecule has 0 spiro atoms. The number of sulfonamides is 1. The number of nitrogens with one attached hydrogen (secondary N) is 1. The van der Waals surface area contributed by atoms with Gasteiger partial charge in [-0.25, -0.2) is 12.7 Å². The van der Waals surface area contributed by atoms with Crippen molar-refractivity contribution in [2.45, 2.75) is 39.2 Å². The number of ether oxygens (including phenoxy) is 1. The first-order valence-electron chi connectivity index (χ1n) is 8.48. The molecule has 1 amide bonds. The molecule has 8 heteroatoms. The number of aryl methyl sites for hydroxylation is 1. The summed E-state index contributed by atoms with van der Waals surface area (Å²) in [6, 6.07) is 5.22. The fourth-order valence-corrected chi connectivity index (χ4v) is 4.62. The molecule has 6 nitrogen and oxygen atoms in total. The van der Waals surface area contributed by atoms with Crippen LogP contribution < -0.4 is 10.1 Å². The highest BCUT2D eigenvalue weighted by Gasteiger charge is 2.27. The van der Waals surface area contributed by atoms with Crippen molar-refractivity contribution in [3.8, 4) is 5.75 Å². The largest absolute Gasteiger partial charge is 0.484 e. The second-order valence-corrected chi connectivity index (χ2v) is 8.78. The zero-order valence-electron chi connectivity index (χ0n) is 14.6. The first-order chi connectivity index (χ1) is 11.8. The molecule has 0 aromatic heterocycles. The van der Waals surface area contributed by atoms with Crippen molar-refractivity contribution in [1.82, 2.24) is 9.62 Å². The zero-order chi connectivity index (χ0) is 18.4. The normalized spacial score (nSPS) is 16.6. The lowest BCUT2D eigenvalue weighted by atomic mass is 10.1. The van der Waals surface area contributed by atoms with Crippen LogP contribution in [-0.4, -0.2) is 50.1 Å². The predicted octanol–water partition coefficient (Wildman–Crippen LogP) is 2.35. The number of hydrogen-bond donors (Lipinski definition) is 1. The summed E-state index contributed by atoms with van der Waals surface area (Å²) in [7, 11) is -3.15. The summed E-state index contributed by atoms with van der Waals surface area (Å²) in [4.78, 5) is 12.0. The Balaban J connectivity index is 1.77. The smallest absolute Gasteiger partial charge is 0.258 e. The third kappa shape index (κ3) is 5.87. The number of hydrogen-bond acceptors (Lipinski definition) is 4. The van der Waals surface area contributed by atoms with Crippen LogP contribution in [-0.2, 0) is 14.8 Å². The van der Waals surface area contributed by atoms with E-state index in [0.717, 1.165) is 5.56 Å². The Bertz CT molecular complexity index is 701. The van der Waals surface area contributed by atoms with E-state index >= 15 is 0 Å². The number of carbonyl (C=O) groups is 1. The number of piperidine rings is 1. The summed E-state index contributed by atoms with van der Waals surface area (Å²) in [5.74, 6) is 0.599. The summed E-state index contributed by atoms with van der Waals surface area (Å²) in [5, 5.41) is 3.54. The monoisotopic (exact) mass is 388 g/mol. The standard InChI is InChI=1S/C17H25ClN2O4S/c1-3-10-25(22,23)20-8-6-15(7-9-20)19-17(21)12-24-16-5-4-14(18)11-13(16)2/h4-5,11,15H,3,6-10,12H2,1-2H3,(H,19,21). The summed E-state index contributed by atoms with van der Waals surface area (Å²) in [6.07, 6.45) is 1.85. The van der Waals surface area contributed by atoms with Crippen molar-refractivity contribution in [1.29, 1.82) is 0 Å². The predicted molar refractivity (Wildman–Crippen MR) is 98.5 cm³/mol. The molecule has 25 heavy (non-hydrogen) atoms. The minimum absolute atomic E-state index is 0.0181. The van der Waals surface area contributed by atoms with E-state index < -0.39 is 10.0 Å². The molecule has 1 aliphatic rings. The number of rotatable bonds is 7. The van der Waals surface area contributed by atoms with Gasteiger partial charge in [0.1, 0.15) is 5.75 Å². The van der Waals surface area contributed by atoms with Crippen LogP contribution in [0.15, 0.2) is 18.2 Å². The van der Waals surface area contributed by atoms with Gasteiger partial charge in [0, 0.05) is 24.2 Å². The Morgan fingerprint density at radius 2 is 2.04 bits per heavy atom. The molecule has 1 heterocycles. The van der Waals surface area contributed by atoms with Crippen molar-refractivity contribution in [2.24, 2.45) is 0 Å². The third-order valence-corrected chi connectivity index (χ3v) is 6.48. The number of halogens is 1. The average Bonchev–Trinajstić information content (AvgIpc) is 2.54. The van der Waals surface area contributed by atoms with Crippen LogP contribution >= 0.6 is 11.6 Å². The van der Waals surface area contributed by atoms with Gasteiger partial charge in [0.05, 0.1) is 5.75 Å². The lowest BCUT2D eigenvalue weighted by Crippen LogP contribution is -2.47. The Morgan fingerprint density at radius 3 is 2.64 bits per heavy atom. The second-order valence-electron chi connectivity index (χ2n) is 6.26. The van der Waals surface area contributed by atoms with Gasteiger partial charge < -0.3 is 10.1 Å². The average molecular weight is 389 g/mol. The van der Waals surface area contributed by atoms with Gasteiger partial charge in [-0.05, 0) is 49.9 Å². The first kappa shape index (κ1) is 20.0. The molecule has 0 atom stereocenters. The van der Waals surface area contributed by atoms with Crippen molar-refractivity contribution >= 4 is 27.5 Å². The van der Waals surface area contributed by atoms with E-state index in [1.165, 1.54) is 4.31 Å². The van der Waals surface area contributed by atoms with Crippen LogP contribution in [0.3, 0.4) is 0 Å². The maximum absolute atomic E-state index is 12.0. The molecule has 0 bridgehead atoms. The molecule has 2 rings (SSSR count). The van der Waals surface area contributed by atoms with Crippen molar-refractivity contribution in [3.63, 3.8) is 0 Å².